The van der Waals surface area contributed by atoms with Crippen molar-refractivity contribution in [3.63, 3.8) is 0 Å². The summed E-state index contributed by atoms with van der Waals surface area (Å²) < 4.78 is 11.3. The van der Waals surface area contributed by atoms with Crippen LogP contribution in [0.2, 0.25) is 0 Å². The van der Waals surface area contributed by atoms with E-state index in [2.05, 4.69) is 45.3 Å². The molecule has 2 saturated heterocycles. The SMILES string of the molecule is Cc1c[nH]c2ncc(-c3cc4c(c([C@H]5COCCN5)c3)CCN(C(=O)C3CCOCC3)C4)cc12. The highest BCUT2D eigenvalue weighted by molar-refractivity contribution is 5.85. The minimum absolute atomic E-state index is 0.0922. The van der Waals surface area contributed by atoms with Gasteiger partial charge in [0.15, 0.2) is 0 Å². The number of fused-ring (bicyclic) bond motifs is 2. The Balaban J connectivity index is 1.38. The molecule has 2 aromatic heterocycles. The van der Waals surface area contributed by atoms with Crippen LogP contribution in [-0.4, -0.2) is 60.3 Å². The van der Waals surface area contributed by atoms with E-state index in [-0.39, 0.29) is 17.9 Å². The molecule has 1 amide bonds. The van der Waals surface area contributed by atoms with Crippen molar-refractivity contribution in [2.75, 3.05) is 39.5 Å². The molecule has 6 rings (SSSR count). The van der Waals surface area contributed by atoms with Crippen LogP contribution in [0.4, 0.5) is 0 Å². The molecular weight excluding hydrogens is 428 g/mol. The number of aryl methyl sites for hydroxylation is 1. The Bertz CT molecular complexity index is 1210. The summed E-state index contributed by atoms with van der Waals surface area (Å²) in [5, 5.41) is 4.79. The van der Waals surface area contributed by atoms with Gasteiger partial charge in [-0.1, -0.05) is 0 Å². The normalized spacial score (nSPS) is 21.6. The van der Waals surface area contributed by atoms with Crippen LogP contribution in [0.15, 0.2) is 30.6 Å². The first-order chi connectivity index (χ1) is 16.7. The topological polar surface area (TPSA) is 79.5 Å². The van der Waals surface area contributed by atoms with E-state index in [0.717, 1.165) is 61.1 Å². The van der Waals surface area contributed by atoms with Gasteiger partial charge in [-0.25, -0.2) is 4.98 Å². The summed E-state index contributed by atoms with van der Waals surface area (Å²) in [6.07, 6.45) is 6.49. The van der Waals surface area contributed by atoms with Crippen LogP contribution >= 0.6 is 0 Å². The lowest BCUT2D eigenvalue weighted by Crippen LogP contribution is -2.42. The zero-order chi connectivity index (χ0) is 23.1. The summed E-state index contributed by atoms with van der Waals surface area (Å²) in [6, 6.07) is 6.98. The fraction of sp³-hybridized carbons (Fsp3) is 0.481. The number of aromatic nitrogens is 2. The largest absolute Gasteiger partial charge is 0.381 e. The molecule has 0 spiro atoms. The van der Waals surface area contributed by atoms with Gasteiger partial charge in [-0.05, 0) is 72.2 Å². The number of aromatic amines is 1. The molecule has 3 aromatic rings. The molecule has 34 heavy (non-hydrogen) atoms. The van der Waals surface area contributed by atoms with E-state index >= 15 is 0 Å². The summed E-state index contributed by atoms with van der Waals surface area (Å²) in [6.45, 7) is 7.21. The number of ether oxygens (including phenoxy) is 2. The van der Waals surface area contributed by atoms with Gasteiger partial charge in [0.25, 0.3) is 0 Å². The van der Waals surface area contributed by atoms with Crippen LogP contribution in [0.25, 0.3) is 22.2 Å². The van der Waals surface area contributed by atoms with Crippen molar-refractivity contribution in [2.24, 2.45) is 5.92 Å². The van der Waals surface area contributed by atoms with E-state index in [0.29, 0.717) is 26.4 Å². The standard InChI is InChI=1S/C27H32N4O3/c1-17-13-29-26-23(17)12-20(14-30-26)19-10-21-15-31(27(32)18-3-7-33-8-4-18)6-2-22(21)24(11-19)25-16-34-9-5-28-25/h10-14,18,25,28H,2-9,15-16H2,1H3,(H,29,30)/t25-/m1/s1. The molecule has 7 heteroatoms. The fourth-order valence-corrected chi connectivity index (χ4v) is 5.66. The van der Waals surface area contributed by atoms with Gasteiger partial charge < -0.3 is 24.7 Å². The molecule has 0 aliphatic carbocycles. The number of nitrogens with one attached hydrogen (secondary N) is 2. The van der Waals surface area contributed by atoms with Gasteiger partial charge in [-0.3, -0.25) is 4.79 Å². The highest BCUT2D eigenvalue weighted by atomic mass is 16.5. The third-order valence-electron chi connectivity index (χ3n) is 7.62. The zero-order valence-electron chi connectivity index (χ0n) is 19.7. The first-order valence-corrected chi connectivity index (χ1v) is 12.4. The van der Waals surface area contributed by atoms with Crippen molar-refractivity contribution >= 4 is 16.9 Å². The number of carbonyl (C=O) groups excluding carboxylic acids is 1. The number of hydrogen-bond acceptors (Lipinski definition) is 5. The maximum absolute atomic E-state index is 13.3. The Labute approximate surface area is 199 Å². The molecular formula is C27H32N4O3. The van der Waals surface area contributed by atoms with Crippen LogP contribution in [0.5, 0.6) is 0 Å². The monoisotopic (exact) mass is 460 g/mol. The molecule has 0 unspecified atom stereocenters. The van der Waals surface area contributed by atoms with Gasteiger partial charge in [0.05, 0.1) is 19.3 Å². The third kappa shape index (κ3) is 4.02. The summed E-state index contributed by atoms with van der Waals surface area (Å²) in [5.74, 6) is 0.376. The fourth-order valence-electron chi connectivity index (χ4n) is 5.66. The summed E-state index contributed by atoms with van der Waals surface area (Å²) in [5.41, 5.74) is 8.27. The number of rotatable bonds is 3. The highest BCUT2D eigenvalue weighted by Gasteiger charge is 2.31. The van der Waals surface area contributed by atoms with Crippen LogP contribution < -0.4 is 5.32 Å². The van der Waals surface area contributed by atoms with E-state index in [4.69, 9.17) is 9.47 Å². The Kier molecular flexibility index (Phi) is 5.85. The molecule has 178 valence electrons. The van der Waals surface area contributed by atoms with Crippen molar-refractivity contribution in [3.8, 4) is 11.1 Å². The van der Waals surface area contributed by atoms with Crippen LogP contribution in [0.3, 0.4) is 0 Å². The Morgan fingerprint density at radius 2 is 2.00 bits per heavy atom. The van der Waals surface area contributed by atoms with Gasteiger partial charge in [0, 0.05) is 62.1 Å². The van der Waals surface area contributed by atoms with E-state index < -0.39 is 0 Å². The molecule has 3 aliphatic heterocycles. The van der Waals surface area contributed by atoms with Crippen molar-refractivity contribution in [2.45, 2.75) is 38.8 Å². The lowest BCUT2D eigenvalue weighted by molar-refractivity contribution is -0.139. The second-order valence-corrected chi connectivity index (χ2v) is 9.77. The van der Waals surface area contributed by atoms with Crippen LogP contribution in [-0.2, 0) is 27.2 Å². The van der Waals surface area contributed by atoms with Crippen molar-refractivity contribution in [3.05, 3.63) is 52.8 Å². The Hall–Kier alpha value is -2.74. The first-order valence-electron chi connectivity index (χ1n) is 12.4. The summed E-state index contributed by atoms with van der Waals surface area (Å²) >= 11 is 0. The summed E-state index contributed by atoms with van der Waals surface area (Å²) in [7, 11) is 0. The van der Waals surface area contributed by atoms with Crippen molar-refractivity contribution in [1.29, 1.82) is 0 Å². The smallest absolute Gasteiger partial charge is 0.226 e. The predicted molar refractivity (Wildman–Crippen MR) is 130 cm³/mol. The predicted octanol–water partition coefficient (Wildman–Crippen LogP) is 3.51. The lowest BCUT2D eigenvalue weighted by Gasteiger charge is -2.36. The molecule has 1 atom stereocenters. The van der Waals surface area contributed by atoms with E-state index in [1.54, 1.807) is 0 Å². The minimum atomic E-state index is 0.0922. The molecule has 0 saturated carbocycles. The third-order valence-corrected chi connectivity index (χ3v) is 7.62. The van der Waals surface area contributed by atoms with Gasteiger partial charge in [-0.15, -0.1) is 0 Å². The van der Waals surface area contributed by atoms with E-state index in [1.165, 1.54) is 22.3 Å². The van der Waals surface area contributed by atoms with E-state index in [9.17, 15) is 4.79 Å². The summed E-state index contributed by atoms with van der Waals surface area (Å²) in [4.78, 5) is 23.3. The number of H-pyrrole nitrogens is 1. The van der Waals surface area contributed by atoms with Gasteiger partial charge in [0.1, 0.15) is 5.65 Å². The maximum atomic E-state index is 13.3. The molecule has 1 aromatic carbocycles. The number of carbonyl (C=O) groups is 1. The Morgan fingerprint density at radius 3 is 2.82 bits per heavy atom. The van der Waals surface area contributed by atoms with Gasteiger partial charge in [0.2, 0.25) is 5.91 Å². The molecule has 0 radical (unpaired) electrons. The zero-order valence-corrected chi connectivity index (χ0v) is 19.7. The second kappa shape index (κ2) is 9.13. The molecule has 7 nitrogen and oxygen atoms in total. The Morgan fingerprint density at radius 1 is 1.12 bits per heavy atom. The number of benzene rings is 1. The van der Waals surface area contributed by atoms with Gasteiger partial charge >= 0.3 is 0 Å². The average Bonchev–Trinajstić information content (AvgIpc) is 3.28. The van der Waals surface area contributed by atoms with Crippen LogP contribution in [0, 0.1) is 12.8 Å². The van der Waals surface area contributed by atoms with E-state index in [1.807, 2.05) is 12.4 Å². The number of amides is 1. The highest BCUT2D eigenvalue weighted by Crippen LogP contribution is 2.35. The molecule has 2 N–H and O–H groups in total. The quantitative estimate of drug-likeness (QED) is 0.625. The first kappa shape index (κ1) is 21.8. The number of morpholine rings is 1. The van der Waals surface area contributed by atoms with Crippen molar-refractivity contribution < 1.29 is 14.3 Å². The molecule has 3 aliphatic rings. The number of nitrogens with zero attached hydrogens (tertiary/aromatic N) is 2. The molecule has 5 heterocycles. The number of pyridine rings is 1. The number of hydrogen-bond donors (Lipinski definition) is 2. The lowest BCUT2D eigenvalue weighted by atomic mass is 9.86. The van der Waals surface area contributed by atoms with Gasteiger partial charge in [-0.2, -0.15) is 0 Å². The second-order valence-electron chi connectivity index (χ2n) is 9.77. The minimum Gasteiger partial charge on any atom is -0.381 e. The van der Waals surface area contributed by atoms with Crippen LogP contribution in [0.1, 0.15) is 41.1 Å². The van der Waals surface area contributed by atoms with Crippen molar-refractivity contribution in [1.82, 2.24) is 20.2 Å². The molecule has 2 fully saturated rings. The molecule has 0 bridgehead atoms. The maximum Gasteiger partial charge on any atom is 0.226 e. The average molecular weight is 461 g/mol.